The van der Waals surface area contributed by atoms with E-state index in [0.717, 1.165) is 31.5 Å². The molecule has 194 valence electrons. The molecule has 3 aromatic rings. The van der Waals surface area contributed by atoms with Crippen LogP contribution in [0.25, 0.3) is 11.1 Å². The smallest absolute Gasteiger partial charge is 0.253 e. The van der Waals surface area contributed by atoms with Crippen molar-refractivity contribution in [2.45, 2.75) is 38.3 Å². The van der Waals surface area contributed by atoms with Crippen LogP contribution in [0.15, 0.2) is 48.7 Å². The van der Waals surface area contributed by atoms with Gasteiger partial charge in [0.25, 0.3) is 5.91 Å². The summed E-state index contributed by atoms with van der Waals surface area (Å²) in [6, 6.07) is 10.6. The van der Waals surface area contributed by atoms with Crippen molar-refractivity contribution in [3.05, 3.63) is 77.2 Å². The van der Waals surface area contributed by atoms with Gasteiger partial charge in [-0.2, -0.15) is 0 Å². The highest BCUT2D eigenvalue weighted by Crippen LogP contribution is 2.29. The van der Waals surface area contributed by atoms with E-state index in [9.17, 15) is 18.0 Å². The van der Waals surface area contributed by atoms with Crippen molar-refractivity contribution < 1.29 is 22.7 Å². The van der Waals surface area contributed by atoms with Crippen molar-refractivity contribution in [1.29, 1.82) is 0 Å². The third kappa shape index (κ3) is 5.56. The number of hydrogen-bond acceptors (Lipinski definition) is 5. The Bertz CT molecular complexity index is 1250. The summed E-state index contributed by atoms with van der Waals surface area (Å²) in [5, 5.41) is 0. The first-order valence-electron chi connectivity index (χ1n) is 12.5. The monoisotopic (exact) mass is 510 g/mol. The van der Waals surface area contributed by atoms with E-state index in [2.05, 4.69) is 9.88 Å². The largest absolute Gasteiger partial charge is 0.485 e. The predicted molar refractivity (Wildman–Crippen MR) is 134 cm³/mol. The Morgan fingerprint density at radius 3 is 2.24 bits per heavy atom. The maximum Gasteiger partial charge on any atom is 0.253 e. The normalized spacial score (nSPS) is 16.8. The van der Waals surface area contributed by atoms with Gasteiger partial charge in [-0.05, 0) is 62.5 Å². The van der Waals surface area contributed by atoms with Crippen LogP contribution in [0.4, 0.5) is 19.0 Å². The van der Waals surface area contributed by atoms with Gasteiger partial charge in [-0.3, -0.25) is 4.79 Å². The number of rotatable bonds is 6. The molecule has 1 amide bonds. The molecule has 5 rings (SSSR count). The maximum absolute atomic E-state index is 13.9. The second-order valence-corrected chi connectivity index (χ2v) is 9.59. The molecule has 0 spiro atoms. The molecule has 37 heavy (non-hydrogen) atoms. The minimum Gasteiger partial charge on any atom is -0.485 e. The van der Waals surface area contributed by atoms with Crippen molar-refractivity contribution in [2.24, 2.45) is 0 Å². The van der Waals surface area contributed by atoms with E-state index < -0.39 is 29.6 Å². The fraction of sp³-hybridized carbons (Fsp3) is 0.357. The zero-order valence-electron chi connectivity index (χ0n) is 20.4. The molecule has 9 heteroatoms. The van der Waals surface area contributed by atoms with E-state index in [1.165, 1.54) is 25.9 Å². The molecular weight excluding hydrogens is 481 g/mol. The van der Waals surface area contributed by atoms with Gasteiger partial charge in [-0.15, -0.1) is 0 Å². The third-order valence-electron chi connectivity index (χ3n) is 7.23. The second-order valence-electron chi connectivity index (χ2n) is 9.59. The van der Waals surface area contributed by atoms with Crippen molar-refractivity contribution in [3.8, 4) is 16.9 Å². The van der Waals surface area contributed by atoms with E-state index in [1.807, 2.05) is 17.0 Å². The summed E-state index contributed by atoms with van der Waals surface area (Å²) in [6.07, 6.45) is 6.12. The number of carbonyl (C=O) groups excluding carboxylic acids is 1. The Morgan fingerprint density at radius 1 is 0.946 bits per heavy atom. The van der Waals surface area contributed by atoms with Gasteiger partial charge >= 0.3 is 0 Å². The molecule has 0 saturated carbocycles. The molecule has 0 radical (unpaired) electrons. The number of carbonyl (C=O) groups is 1. The summed E-state index contributed by atoms with van der Waals surface area (Å²) in [6.45, 7) is 3.40. The highest BCUT2D eigenvalue weighted by atomic mass is 19.1. The standard InChI is InChI=1S/C28H29F3N4O2/c29-21-14-24(30)23(25(31)15-21)17-37-26-13-20(16-33-27(26)32)18-3-5-19(6-4-18)28(36)35-11-7-22(8-12-35)34-9-1-2-10-34/h3-6,13-16,22H,1-2,7-12,17H2,(H2,32,33). The third-order valence-corrected chi connectivity index (χ3v) is 7.23. The van der Waals surface area contributed by atoms with Crippen LogP contribution < -0.4 is 10.5 Å². The lowest BCUT2D eigenvalue weighted by Crippen LogP contribution is -2.45. The van der Waals surface area contributed by atoms with Gasteiger partial charge in [0.05, 0.1) is 5.56 Å². The number of benzene rings is 2. The van der Waals surface area contributed by atoms with Gasteiger partial charge < -0.3 is 20.3 Å². The predicted octanol–water partition coefficient (Wildman–Crippen LogP) is 5.03. The maximum atomic E-state index is 13.9. The Labute approximate surface area is 213 Å². The van der Waals surface area contributed by atoms with E-state index in [1.54, 1.807) is 24.4 Å². The number of pyridine rings is 1. The zero-order valence-corrected chi connectivity index (χ0v) is 20.4. The molecule has 2 aromatic carbocycles. The second kappa shape index (κ2) is 10.8. The number of anilines is 1. The Hall–Kier alpha value is -3.59. The lowest BCUT2D eigenvalue weighted by molar-refractivity contribution is 0.0644. The number of nitrogens with zero attached hydrogens (tertiary/aromatic N) is 3. The molecule has 2 fully saturated rings. The van der Waals surface area contributed by atoms with Crippen molar-refractivity contribution in [1.82, 2.24) is 14.8 Å². The van der Waals surface area contributed by atoms with Crippen LogP contribution in [0.1, 0.15) is 41.6 Å². The molecule has 2 aliphatic heterocycles. The molecule has 2 saturated heterocycles. The number of aromatic nitrogens is 1. The first-order chi connectivity index (χ1) is 17.9. The quantitative estimate of drug-likeness (QED) is 0.504. The lowest BCUT2D eigenvalue weighted by atomic mass is 10.0. The molecular formula is C28H29F3N4O2. The number of halogens is 3. The molecule has 0 aliphatic carbocycles. The van der Waals surface area contributed by atoms with Crippen molar-refractivity contribution in [2.75, 3.05) is 31.9 Å². The van der Waals surface area contributed by atoms with Crippen LogP contribution in [-0.4, -0.2) is 52.9 Å². The van der Waals surface area contributed by atoms with Gasteiger partial charge in [0.1, 0.15) is 24.1 Å². The first-order valence-corrected chi connectivity index (χ1v) is 12.5. The number of nitrogens with two attached hydrogens (primary N) is 1. The Balaban J connectivity index is 1.24. The molecule has 0 atom stereocenters. The highest BCUT2D eigenvalue weighted by Gasteiger charge is 2.28. The zero-order chi connectivity index (χ0) is 25.9. The van der Waals surface area contributed by atoms with Crippen LogP contribution >= 0.6 is 0 Å². The van der Waals surface area contributed by atoms with Gasteiger partial charge in [-0.25, -0.2) is 18.2 Å². The molecule has 2 aliphatic rings. The summed E-state index contributed by atoms with van der Waals surface area (Å²) in [5.74, 6) is -2.87. The van der Waals surface area contributed by atoms with E-state index in [0.29, 0.717) is 29.3 Å². The van der Waals surface area contributed by atoms with Crippen LogP contribution in [0.3, 0.4) is 0 Å². The van der Waals surface area contributed by atoms with Gasteiger partial charge in [0.2, 0.25) is 0 Å². The van der Waals surface area contributed by atoms with Crippen molar-refractivity contribution in [3.63, 3.8) is 0 Å². The summed E-state index contributed by atoms with van der Waals surface area (Å²) in [7, 11) is 0. The summed E-state index contributed by atoms with van der Waals surface area (Å²) in [5.41, 5.74) is 7.54. The highest BCUT2D eigenvalue weighted by molar-refractivity contribution is 5.94. The van der Waals surface area contributed by atoms with E-state index >= 15 is 0 Å². The average molecular weight is 511 g/mol. The van der Waals surface area contributed by atoms with Gasteiger partial charge in [0.15, 0.2) is 11.6 Å². The molecule has 0 bridgehead atoms. The number of likely N-dealkylation sites (tertiary alicyclic amines) is 2. The summed E-state index contributed by atoms with van der Waals surface area (Å²) < 4.78 is 46.6. The Kier molecular flexibility index (Phi) is 7.32. The fourth-order valence-corrected chi connectivity index (χ4v) is 5.12. The topological polar surface area (TPSA) is 71.7 Å². The molecule has 3 heterocycles. The van der Waals surface area contributed by atoms with Crippen LogP contribution in [-0.2, 0) is 6.61 Å². The SMILES string of the molecule is Nc1ncc(-c2ccc(C(=O)N3CCC(N4CCCC4)CC3)cc2)cc1OCc1c(F)cc(F)cc1F. The van der Waals surface area contributed by atoms with Gasteiger partial charge in [0, 0.05) is 48.6 Å². The van der Waals surface area contributed by atoms with E-state index in [-0.39, 0.29) is 17.5 Å². The first kappa shape index (κ1) is 25.1. The molecule has 6 nitrogen and oxygen atoms in total. The van der Waals surface area contributed by atoms with Crippen molar-refractivity contribution >= 4 is 11.7 Å². The Morgan fingerprint density at radius 2 is 1.59 bits per heavy atom. The van der Waals surface area contributed by atoms with E-state index in [4.69, 9.17) is 10.5 Å². The van der Waals surface area contributed by atoms with Crippen LogP contribution in [0.5, 0.6) is 5.75 Å². The number of amides is 1. The number of piperidine rings is 1. The average Bonchev–Trinajstić information content (AvgIpc) is 3.44. The molecule has 0 unspecified atom stereocenters. The fourth-order valence-electron chi connectivity index (χ4n) is 5.12. The summed E-state index contributed by atoms with van der Waals surface area (Å²) in [4.78, 5) is 21.7. The minimum atomic E-state index is -1.04. The number of nitrogen functional groups attached to an aromatic ring is 1. The molecule has 2 N–H and O–H groups in total. The van der Waals surface area contributed by atoms with Crippen LogP contribution in [0, 0.1) is 17.5 Å². The summed E-state index contributed by atoms with van der Waals surface area (Å²) >= 11 is 0. The molecule has 1 aromatic heterocycles. The van der Waals surface area contributed by atoms with Gasteiger partial charge in [-0.1, -0.05) is 12.1 Å². The van der Waals surface area contributed by atoms with Crippen LogP contribution in [0.2, 0.25) is 0 Å². The lowest BCUT2D eigenvalue weighted by Gasteiger charge is -2.36. The minimum absolute atomic E-state index is 0.0224. The number of ether oxygens (including phenoxy) is 1. The number of hydrogen-bond donors (Lipinski definition) is 1.